The summed E-state index contributed by atoms with van der Waals surface area (Å²) in [7, 11) is 0. The Bertz CT molecular complexity index is 189. The van der Waals surface area contributed by atoms with Crippen molar-refractivity contribution >= 4 is 11.9 Å². The van der Waals surface area contributed by atoms with Crippen molar-refractivity contribution in [2.24, 2.45) is 16.5 Å². The van der Waals surface area contributed by atoms with Crippen LogP contribution in [-0.2, 0) is 14.3 Å². The first-order valence-corrected chi connectivity index (χ1v) is 3.86. The Balaban J connectivity index is 3.43. The van der Waals surface area contributed by atoms with Crippen LogP contribution in [0.25, 0.3) is 0 Å². The van der Waals surface area contributed by atoms with Crippen molar-refractivity contribution in [3.05, 3.63) is 0 Å². The van der Waals surface area contributed by atoms with Crippen molar-refractivity contribution in [3.8, 4) is 0 Å². The third kappa shape index (κ3) is 8.61. The lowest BCUT2D eigenvalue weighted by Gasteiger charge is -2.08. The van der Waals surface area contributed by atoms with Crippen molar-refractivity contribution in [2.75, 3.05) is 13.2 Å². The van der Waals surface area contributed by atoms with Crippen molar-refractivity contribution < 1.29 is 14.3 Å². The molecule has 0 aromatic carbocycles. The molecular formula is C7H15N3O3. The molecule has 76 valence electrons. The fourth-order valence-electron chi connectivity index (χ4n) is 0.651. The number of guanidine groups is 1. The Morgan fingerprint density at radius 1 is 1.46 bits per heavy atom. The molecule has 13 heavy (non-hydrogen) atoms. The summed E-state index contributed by atoms with van der Waals surface area (Å²) in [5.74, 6) is -0.363. The van der Waals surface area contributed by atoms with Crippen molar-refractivity contribution in [3.63, 3.8) is 0 Å². The van der Waals surface area contributed by atoms with Crippen LogP contribution in [0.5, 0.6) is 0 Å². The van der Waals surface area contributed by atoms with E-state index in [4.69, 9.17) is 16.2 Å². The Labute approximate surface area is 76.9 Å². The molecular weight excluding hydrogens is 174 g/mol. The second-order valence-corrected chi connectivity index (χ2v) is 2.36. The minimum absolute atomic E-state index is 0.0278. The van der Waals surface area contributed by atoms with Crippen molar-refractivity contribution in [2.45, 2.75) is 20.1 Å². The van der Waals surface area contributed by atoms with E-state index >= 15 is 0 Å². The quantitative estimate of drug-likeness (QED) is 0.255. The Kier molecular flexibility index (Phi) is 5.62. The van der Waals surface area contributed by atoms with Gasteiger partial charge in [-0.05, 0) is 6.92 Å². The average molecular weight is 189 g/mol. The first-order chi connectivity index (χ1) is 6.02. The molecule has 0 aromatic heterocycles. The van der Waals surface area contributed by atoms with Crippen LogP contribution in [0.1, 0.15) is 13.8 Å². The van der Waals surface area contributed by atoms with Crippen LogP contribution >= 0.6 is 0 Å². The smallest absolute Gasteiger partial charge is 0.302 e. The third-order valence-corrected chi connectivity index (χ3v) is 1.08. The number of aliphatic imine (C=N–C) groups is 1. The summed E-state index contributed by atoms with van der Waals surface area (Å²) in [6.45, 7) is 3.50. The molecule has 0 rings (SSSR count). The van der Waals surface area contributed by atoms with Crippen LogP contribution in [0.15, 0.2) is 4.99 Å². The fraction of sp³-hybridized carbons (Fsp3) is 0.714. The van der Waals surface area contributed by atoms with Gasteiger partial charge in [0, 0.05) is 6.92 Å². The number of ether oxygens (including phenoxy) is 2. The first kappa shape index (κ1) is 11.7. The number of nitrogens with zero attached hydrogens (tertiary/aromatic N) is 1. The van der Waals surface area contributed by atoms with E-state index < -0.39 is 6.23 Å². The highest BCUT2D eigenvalue weighted by Gasteiger charge is 1.99. The van der Waals surface area contributed by atoms with Crippen molar-refractivity contribution in [1.29, 1.82) is 0 Å². The van der Waals surface area contributed by atoms with Crippen LogP contribution in [0.4, 0.5) is 0 Å². The molecule has 0 spiro atoms. The summed E-state index contributed by atoms with van der Waals surface area (Å²) in [5.41, 5.74) is 10.2. The predicted molar refractivity (Wildman–Crippen MR) is 47.9 cm³/mol. The molecule has 0 saturated carbocycles. The van der Waals surface area contributed by atoms with Gasteiger partial charge in [-0.1, -0.05) is 0 Å². The summed E-state index contributed by atoms with van der Waals surface area (Å²) in [4.78, 5) is 14.0. The van der Waals surface area contributed by atoms with Crippen molar-refractivity contribution in [1.82, 2.24) is 0 Å². The Morgan fingerprint density at radius 2 is 2.08 bits per heavy atom. The number of hydrogen-bond donors (Lipinski definition) is 2. The summed E-state index contributed by atoms with van der Waals surface area (Å²) in [6, 6.07) is 0. The van der Waals surface area contributed by atoms with Gasteiger partial charge in [0.15, 0.2) is 5.96 Å². The molecule has 0 amide bonds. The maximum atomic E-state index is 10.3. The lowest BCUT2D eigenvalue weighted by Crippen LogP contribution is -2.26. The second-order valence-electron chi connectivity index (χ2n) is 2.36. The van der Waals surface area contributed by atoms with E-state index in [2.05, 4.69) is 9.73 Å². The van der Waals surface area contributed by atoms with Gasteiger partial charge in [0.25, 0.3) is 0 Å². The van der Waals surface area contributed by atoms with E-state index in [1.807, 2.05) is 0 Å². The SMILES string of the molecule is CC(=O)OCCOC(C)N=C(N)N. The molecule has 0 aromatic rings. The zero-order chi connectivity index (χ0) is 10.3. The molecule has 0 aliphatic heterocycles. The number of rotatable bonds is 5. The molecule has 1 atom stereocenters. The summed E-state index contributed by atoms with van der Waals surface area (Å²) >= 11 is 0. The topological polar surface area (TPSA) is 99.9 Å². The highest BCUT2D eigenvalue weighted by Crippen LogP contribution is 1.91. The normalized spacial score (nSPS) is 11.8. The maximum Gasteiger partial charge on any atom is 0.302 e. The molecule has 0 saturated heterocycles. The number of nitrogens with two attached hydrogens (primary N) is 2. The molecule has 0 fully saturated rings. The molecule has 0 radical (unpaired) electrons. The third-order valence-electron chi connectivity index (χ3n) is 1.08. The van der Waals surface area contributed by atoms with Crippen LogP contribution in [0, 0.1) is 0 Å². The van der Waals surface area contributed by atoms with Crippen LogP contribution in [0.2, 0.25) is 0 Å². The minimum atomic E-state index is -0.416. The predicted octanol–water partition coefficient (Wildman–Crippen LogP) is -0.814. The molecule has 0 heterocycles. The molecule has 0 aliphatic carbocycles. The maximum absolute atomic E-state index is 10.3. The fourth-order valence-corrected chi connectivity index (χ4v) is 0.651. The number of hydrogen-bond acceptors (Lipinski definition) is 4. The monoisotopic (exact) mass is 189 g/mol. The number of carbonyl (C=O) groups is 1. The molecule has 0 aliphatic rings. The first-order valence-electron chi connectivity index (χ1n) is 3.86. The average Bonchev–Trinajstić information content (AvgIpc) is 1.96. The lowest BCUT2D eigenvalue weighted by atomic mass is 10.6. The van der Waals surface area contributed by atoms with Gasteiger partial charge in [-0.2, -0.15) is 0 Å². The van der Waals surface area contributed by atoms with E-state index in [1.165, 1.54) is 6.92 Å². The van der Waals surface area contributed by atoms with Gasteiger partial charge >= 0.3 is 5.97 Å². The van der Waals surface area contributed by atoms with Gasteiger partial charge in [-0.15, -0.1) is 0 Å². The number of carbonyl (C=O) groups excluding carboxylic acids is 1. The summed E-state index contributed by atoms with van der Waals surface area (Å²) in [6.07, 6.45) is -0.416. The summed E-state index contributed by atoms with van der Waals surface area (Å²) < 4.78 is 9.70. The summed E-state index contributed by atoms with van der Waals surface area (Å²) in [5, 5.41) is 0. The van der Waals surface area contributed by atoms with E-state index in [9.17, 15) is 4.79 Å². The van der Waals surface area contributed by atoms with Gasteiger partial charge in [0.2, 0.25) is 0 Å². The minimum Gasteiger partial charge on any atom is -0.463 e. The van der Waals surface area contributed by atoms with Gasteiger partial charge in [0.1, 0.15) is 12.8 Å². The number of esters is 1. The Morgan fingerprint density at radius 3 is 2.54 bits per heavy atom. The zero-order valence-electron chi connectivity index (χ0n) is 7.82. The Hall–Kier alpha value is -1.30. The standard InChI is InChI=1S/C7H15N3O3/c1-5(10-7(8)9)12-3-4-13-6(2)11/h5H,3-4H2,1-2H3,(H4,8,9,10). The largest absolute Gasteiger partial charge is 0.463 e. The molecule has 4 N–H and O–H groups in total. The molecule has 6 nitrogen and oxygen atoms in total. The van der Waals surface area contributed by atoms with E-state index in [0.29, 0.717) is 0 Å². The van der Waals surface area contributed by atoms with Crippen LogP contribution in [0.3, 0.4) is 0 Å². The van der Waals surface area contributed by atoms with E-state index in [1.54, 1.807) is 6.92 Å². The molecule has 1 unspecified atom stereocenters. The highest BCUT2D eigenvalue weighted by atomic mass is 16.6. The second kappa shape index (κ2) is 6.24. The van der Waals surface area contributed by atoms with Crippen LogP contribution in [-0.4, -0.2) is 31.4 Å². The van der Waals surface area contributed by atoms with Crippen LogP contribution < -0.4 is 11.5 Å². The molecule has 0 bridgehead atoms. The molecule has 6 heteroatoms. The lowest BCUT2D eigenvalue weighted by molar-refractivity contribution is -0.143. The zero-order valence-corrected chi connectivity index (χ0v) is 7.82. The van der Waals surface area contributed by atoms with Gasteiger partial charge in [0.05, 0.1) is 6.61 Å². The van der Waals surface area contributed by atoms with E-state index in [0.717, 1.165) is 0 Å². The highest BCUT2D eigenvalue weighted by molar-refractivity contribution is 5.75. The van der Waals surface area contributed by atoms with Gasteiger partial charge in [-0.3, -0.25) is 4.79 Å². The van der Waals surface area contributed by atoms with Gasteiger partial charge in [-0.25, -0.2) is 4.99 Å². The van der Waals surface area contributed by atoms with E-state index in [-0.39, 0.29) is 25.1 Å². The van der Waals surface area contributed by atoms with Gasteiger partial charge < -0.3 is 20.9 Å².